The summed E-state index contributed by atoms with van der Waals surface area (Å²) in [6.45, 7) is 2.70. The van der Waals surface area contributed by atoms with Gasteiger partial charge in [-0.2, -0.15) is 10.2 Å². The van der Waals surface area contributed by atoms with Gasteiger partial charge in [-0.15, -0.1) is 0 Å². The van der Waals surface area contributed by atoms with Crippen LogP contribution in [0.3, 0.4) is 0 Å². The van der Waals surface area contributed by atoms with E-state index in [-0.39, 0.29) is 0 Å². The molecule has 4 saturated carbocycles. The van der Waals surface area contributed by atoms with Gasteiger partial charge in [-0.1, -0.05) is 26.2 Å². The van der Waals surface area contributed by atoms with Gasteiger partial charge >= 0.3 is 0 Å². The fourth-order valence-electron chi connectivity index (χ4n) is 8.23. The molecule has 4 aliphatic carbocycles. The summed E-state index contributed by atoms with van der Waals surface area (Å²) in [6, 6.07) is 2.21. The van der Waals surface area contributed by atoms with Gasteiger partial charge in [0.2, 0.25) is 0 Å². The van der Waals surface area contributed by atoms with Gasteiger partial charge in [0.25, 0.3) is 0 Å². The van der Waals surface area contributed by atoms with Gasteiger partial charge in [0.15, 0.2) is 0 Å². The smallest absolute Gasteiger partial charge is 0.0528 e. The molecule has 0 saturated heterocycles. The van der Waals surface area contributed by atoms with Crippen molar-refractivity contribution in [3.05, 3.63) is 24.0 Å². The van der Waals surface area contributed by atoms with Crippen LogP contribution in [0.2, 0.25) is 0 Å². The molecule has 0 aromatic carbocycles. The summed E-state index contributed by atoms with van der Waals surface area (Å²) in [5, 5.41) is 8.15. The van der Waals surface area contributed by atoms with Gasteiger partial charge in [0.05, 0.1) is 6.20 Å². The molecule has 0 bridgehead atoms. The van der Waals surface area contributed by atoms with Gasteiger partial charge in [0.1, 0.15) is 0 Å². The van der Waals surface area contributed by atoms with Crippen molar-refractivity contribution >= 4 is 0 Å². The highest BCUT2D eigenvalue weighted by Crippen LogP contribution is 2.66. The second kappa shape index (κ2) is 6.06. The lowest BCUT2D eigenvalue weighted by Crippen LogP contribution is -2.52. The molecule has 4 aliphatic rings. The quantitative estimate of drug-likeness (QED) is 0.679. The first-order valence-corrected chi connectivity index (χ1v) is 11.0. The Labute approximate surface area is 153 Å². The maximum atomic E-state index is 4.16. The van der Waals surface area contributed by atoms with Crippen LogP contribution in [0.25, 0.3) is 0 Å². The van der Waals surface area contributed by atoms with E-state index in [1.807, 2.05) is 12.4 Å². The van der Waals surface area contributed by atoms with Gasteiger partial charge in [-0.25, -0.2) is 0 Å². The van der Waals surface area contributed by atoms with E-state index in [1.54, 1.807) is 0 Å². The molecule has 1 aromatic rings. The molecule has 0 N–H and O–H groups in total. The minimum Gasteiger partial charge on any atom is -0.159 e. The van der Waals surface area contributed by atoms with E-state index in [9.17, 15) is 0 Å². The first-order valence-electron chi connectivity index (χ1n) is 11.0. The minimum absolute atomic E-state index is 0.585. The third kappa shape index (κ3) is 2.50. The summed E-state index contributed by atoms with van der Waals surface area (Å²) in [4.78, 5) is 0. The molecule has 136 valence electrons. The molecule has 0 aliphatic heterocycles. The Morgan fingerprint density at radius 2 is 1.88 bits per heavy atom. The Morgan fingerprint density at radius 1 is 0.920 bits per heavy atom. The van der Waals surface area contributed by atoms with Crippen molar-refractivity contribution in [3.8, 4) is 0 Å². The van der Waals surface area contributed by atoms with Crippen LogP contribution >= 0.6 is 0 Å². The van der Waals surface area contributed by atoms with Crippen LogP contribution in [-0.2, 0) is 6.42 Å². The van der Waals surface area contributed by atoms with Crippen molar-refractivity contribution in [2.45, 2.75) is 84.0 Å². The zero-order valence-electron chi connectivity index (χ0n) is 15.9. The zero-order valence-corrected chi connectivity index (χ0v) is 15.9. The fraction of sp³-hybridized carbons (Fsp3) is 0.826. The molecule has 0 radical (unpaired) electrons. The topological polar surface area (TPSA) is 25.8 Å². The summed E-state index contributed by atoms with van der Waals surface area (Å²) in [5.41, 5.74) is 2.69. The highest BCUT2D eigenvalue weighted by atomic mass is 15.1. The van der Waals surface area contributed by atoms with E-state index in [4.69, 9.17) is 0 Å². The molecule has 25 heavy (non-hydrogen) atoms. The monoisotopic (exact) mass is 338 g/mol. The van der Waals surface area contributed by atoms with E-state index >= 15 is 0 Å². The Bertz CT molecular complexity index is 614. The normalized spacial score (nSPS) is 46.1. The summed E-state index contributed by atoms with van der Waals surface area (Å²) in [5.74, 6) is 4.07. The number of rotatable bonds is 2. The molecule has 2 nitrogen and oxygen atoms in total. The summed E-state index contributed by atoms with van der Waals surface area (Å²) < 4.78 is 0. The number of nitrogens with zero attached hydrogens (tertiary/aromatic N) is 2. The van der Waals surface area contributed by atoms with E-state index < -0.39 is 0 Å². The van der Waals surface area contributed by atoms with E-state index in [2.05, 4.69) is 23.2 Å². The zero-order chi connectivity index (χ0) is 16.9. The van der Waals surface area contributed by atoms with Crippen molar-refractivity contribution in [3.63, 3.8) is 0 Å². The maximum Gasteiger partial charge on any atom is 0.0528 e. The maximum absolute atomic E-state index is 4.16. The summed E-state index contributed by atoms with van der Waals surface area (Å²) in [6.07, 6.45) is 21.7. The predicted molar refractivity (Wildman–Crippen MR) is 101 cm³/mol. The molecule has 0 unspecified atom stereocenters. The number of fused-ring (bicyclic) bond motifs is 5. The Kier molecular flexibility index (Phi) is 3.95. The lowest BCUT2D eigenvalue weighted by molar-refractivity contribution is -0.107. The molecule has 6 atom stereocenters. The van der Waals surface area contributed by atoms with Crippen LogP contribution in [0, 0.1) is 34.5 Å². The van der Waals surface area contributed by atoms with Crippen LogP contribution in [0.1, 0.15) is 83.1 Å². The molecule has 1 aromatic heterocycles. The van der Waals surface area contributed by atoms with Crippen LogP contribution in [0.15, 0.2) is 18.5 Å². The first kappa shape index (κ1) is 16.3. The van der Waals surface area contributed by atoms with Crippen LogP contribution < -0.4 is 0 Å². The third-order valence-electron chi connectivity index (χ3n) is 9.31. The third-order valence-corrected chi connectivity index (χ3v) is 9.31. The highest BCUT2D eigenvalue weighted by molar-refractivity contribution is 5.15. The molecule has 5 rings (SSSR count). The molecule has 4 fully saturated rings. The second-order valence-corrected chi connectivity index (χ2v) is 10.1. The van der Waals surface area contributed by atoms with Gasteiger partial charge < -0.3 is 0 Å². The predicted octanol–water partition coefficient (Wildman–Crippen LogP) is 5.82. The molecule has 1 heterocycles. The fourth-order valence-corrected chi connectivity index (χ4v) is 8.23. The largest absolute Gasteiger partial charge is 0.159 e. The van der Waals surface area contributed by atoms with Gasteiger partial charge in [0, 0.05) is 6.20 Å². The second-order valence-electron chi connectivity index (χ2n) is 10.1. The lowest BCUT2D eigenvalue weighted by Gasteiger charge is -2.60. The lowest BCUT2D eigenvalue weighted by atomic mass is 9.45. The number of aromatic nitrogens is 2. The molecule has 0 spiro atoms. The van der Waals surface area contributed by atoms with Crippen molar-refractivity contribution < 1.29 is 0 Å². The Hall–Kier alpha value is -0.920. The van der Waals surface area contributed by atoms with Crippen molar-refractivity contribution in [1.29, 1.82) is 0 Å². The molecular weight excluding hydrogens is 304 g/mol. The molecule has 0 amide bonds. The number of hydrogen-bond acceptors (Lipinski definition) is 2. The molecular formula is C23H34N2. The van der Waals surface area contributed by atoms with Crippen LogP contribution in [0.5, 0.6) is 0 Å². The molecule has 2 heteroatoms. The average molecular weight is 339 g/mol. The van der Waals surface area contributed by atoms with Crippen LogP contribution in [-0.4, -0.2) is 10.2 Å². The number of hydrogen-bond donors (Lipinski definition) is 0. The first-order chi connectivity index (χ1) is 12.2. The van der Waals surface area contributed by atoms with Crippen molar-refractivity contribution in [1.82, 2.24) is 10.2 Å². The summed E-state index contributed by atoms with van der Waals surface area (Å²) in [7, 11) is 0. The van der Waals surface area contributed by atoms with Crippen molar-refractivity contribution in [2.75, 3.05) is 0 Å². The highest BCUT2D eigenvalue weighted by Gasteiger charge is 2.58. The Balaban J connectivity index is 1.43. The Morgan fingerprint density at radius 3 is 2.76 bits per heavy atom. The van der Waals surface area contributed by atoms with E-state index in [0.717, 1.165) is 23.7 Å². The average Bonchev–Trinajstić information content (AvgIpc) is 3.06. The van der Waals surface area contributed by atoms with Crippen LogP contribution in [0.4, 0.5) is 0 Å². The SMILES string of the molecule is C[C@]12CCCC[C@H]1CC[C@H]1[C@H]3CCC[C@@]3(Cc3ccnnc3)CC[C@@H]12. The van der Waals surface area contributed by atoms with Gasteiger partial charge in [-0.3, -0.25) is 0 Å². The standard InChI is InChI=1S/C23H34N2/c1-22-11-3-2-5-18(22)7-8-19-20(22)9-13-23(12-4-6-21(19)23)15-17-10-14-24-25-16-17/h10,14,16,18-21H,2-9,11-13,15H2,1H3/t18-,19+,20-,21+,22-,23-/m0/s1. The summed E-state index contributed by atoms with van der Waals surface area (Å²) >= 11 is 0. The van der Waals surface area contributed by atoms with E-state index in [0.29, 0.717) is 10.8 Å². The van der Waals surface area contributed by atoms with E-state index in [1.165, 1.54) is 82.6 Å². The van der Waals surface area contributed by atoms with Crippen molar-refractivity contribution in [2.24, 2.45) is 34.5 Å². The van der Waals surface area contributed by atoms with Gasteiger partial charge in [-0.05, 0) is 104 Å². The minimum atomic E-state index is 0.585.